The van der Waals surface area contributed by atoms with Crippen molar-refractivity contribution < 1.29 is 4.79 Å². The van der Waals surface area contributed by atoms with E-state index in [-0.39, 0.29) is 5.91 Å². The minimum Gasteiger partial charge on any atom is -0.342 e. The third-order valence-corrected chi connectivity index (χ3v) is 4.56. The number of carbonyl (C=O) groups is 1. The first-order chi connectivity index (χ1) is 10.1. The van der Waals surface area contributed by atoms with Crippen molar-refractivity contribution in [3.8, 4) is 0 Å². The number of hydrogen-bond donors (Lipinski definition) is 1. The average molecular weight is 288 g/mol. The van der Waals surface area contributed by atoms with E-state index < -0.39 is 0 Å². The van der Waals surface area contributed by atoms with E-state index >= 15 is 0 Å². The molecule has 0 bridgehead atoms. The molecule has 0 saturated carbocycles. The third kappa shape index (κ3) is 4.31. The van der Waals surface area contributed by atoms with Crippen molar-refractivity contribution in [3.05, 3.63) is 35.4 Å². The Morgan fingerprint density at radius 3 is 2.48 bits per heavy atom. The number of aryl methyl sites for hydroxylation is 1. The van der Waals surface area contributed by atoms with Crippen molar-refractivity contribution in [2.45, 2.75) is 52.6 Å². The SMILES string of the molecule is CCC(=O)N1CC[C@H](NCc2ccc(CC)cc2)[C@H](C)C1. The number of likely N-dealkylation sites (tertiary alicyclic amines) is 1. The molecule has 0 unspecified atom stereocenters. The summed E-state index contributed by atoms with van der Waals surface area (Å²) in [6.45, 7) is 9.06. The molecular weight excluding hydrogens is 260 g/mol. The lowest BCUT2D eigenvalue weighted by Gasteiger charge is -2.37. The quantitative estimate of drug-likeness (QED) is 0.903. The Morgan fingerprint density at radius 2 is 1.90 bits per heavy atom. The smallest absolute Gasteiger partial charge is 0.222 e. The summed E-state index contributed by atoms with van der Waals surface area (Å²) < 4.78 is 0. The number of benzene rings is 1. The van der Waals surface area contributed by atoms with Crippen LogP contribution in [0.1, 0.15) is 44.7 Å². The molecule has 1 aromatic rings. The maximum atomic E-state index is 11.8. The van der Waals surface area contributed by atoms with Gasteiger partial charge in [0.15, 0.2) is 0 Å². The standard InChI is InChI=1S/C18H28N2O/c1-4-15-6-8-16(9-7-15)12-19-17-10-11-20(13-14(17)3)18(21)5-2/h6-9,14,17,19H,4-5,10-13H2,1-3H3/t14-,17+/m1/s1. The first kappa shape index (κ1) is 16.0. The highest BCUT2D eigenvalue weighted by Crippen LogP contribution is 2.18. The Labute approximate surface area is 128 Å². The molecule has 3 heteroatoms. The fourth-order valence-electron chi connectivity index (χ4n) is 3.04. The van der Waals surface area contributed by atoms with Crippen LogP contribution in [0.3, 0.4) is 0 Å². The van der Waals surface area contributed by atoms with E-state index in [1.54, 1.807) is 0 Å². The van der Waals surface area contributed by atoms with Gasteiger partial charge in [0, 0.05) is 32.1 Å². The number of nitrogens with one attached hydrogen (secondary N) is 1. The maximum Gasteiger partial charge on any atom is 0.222 e. The van der Waals surface area contributed by atoms with Crippen LogP contribution < -0.4 is 5.32 Å². The van der Waals surface area contributed by atoms with E-state index in [4.69, 9.17) is 0 Å². The van der Waals surface area contributed by atoms with Crippen LogP contribution in [0.5, 0.6) is 0 Å². The lowest BCUT2D eigenvalue weighted by molar-refractivity contribution is -0.132. The molecule has 21 heavy (non-hydrogen) atoms. The Hall–Kier alpha value is -1.35. The monoisotopic (exact) mass is 288 g/mol. The largest absolute Gasteiger partial charge is 0.342 e. The Bertz CT molecular complexity index is 455. The highest BCUT2D eigenvalue weighted by molar-refractivity contribution is 5.75. The molecule has 0 radical (unpaired) electrons. The van der Waals surface area contributed by atoms with Crippen molar-refractivity contribution in [1.82, 2.24) is 10.2 Å². The summed E-state index contributed by atoms with van der Waals surface area (Å²) in [5.74, 6) is 0.805. The highest BCUT2D eigenvalue weighted by atomic mass is 16.2. The summed E-state index contributed by atoms with van der Waals surface area (Å²) in [5, 5.41) is 3.66. The minimum absolute atomic E-state index is 0.287. The number of piperidine rings is 1. The molecule has 1 saturated heterocycles. The van der Waals surface area contributed by atoms with Gasteiger partial charge in [-0.05, 0) is 29.9 Å². The molecule has 116 valence electrons. The summed E-state index contributed by atoms with van der Waals surface area (Å²) in [4.78, 5) is 13.8. The number of rotatable bonds is 5. The number of nitrogens with zero attached hydrogens (tertiary/aromatic N) is 1. The van der Waals surface area contributed by atoms with Crippen LogP contribution >= 0.6 is 0 Å². The van der Waals surface area contributed by atoms with E-state index in [1.165, 1.54) is 11.1 Å². The van der Waals surface area contributed by atoms with Gasteiger partial charge in [0.1, 0.15) is 0 Å². The summed E-state index contributed by atoms with van der Waals surface area (Å²) >= 11 is 0. The molecular formula is C18H28N2O. The molecule has 0 aromatic heterocycles. The maximum absolute atomic E-state index is 11.8. The highest BCUT2D eigenvalue weighted by Gasteiger charge is 2.27. The topological polar surface area (TPSA) is 32.3 Å². The van der Waals surface area contributed by atoms with Crippen molar-refractivity contribution >= 4 is 5.91 Å². The number of amides is 1. The normalized spacial score (nSPS) is 22.3. The Kier molecular flexibility index (Phi) is 5.80. The van der Waals surface area contributed by atoms with Crippen LogP contribution in [0, 0.1) is 5.92 Å². The first-order valence-corrected chi connectivity index (χ1v) is 8.23. The molecule has 1 amide bonds. The minimum atomic E-state index is 0.287. The number of hydrogen-bond acceptors (Lipinski definition) is 2. The van der Waals surface area contributed by atoms with Crippen molar-refractivity contribution in [2.24, 2.45) is 5.92 Å². The van der Waals surface area contributed by atoms with Gasteiger partial charge in [-0.25, -0.2) is 0 Å². The molecule has 1 N–H and O–H groups in total. The second-order valence-corrected chi connectivity index (χ2v) is 6.12. The lowest BCUT2D eigenvalue weighted by Crippen LogP contribution is -2.49. The molecule has 1 aliphatic heterocycles. The Balaban J connectivity index is 1.82. The fourth-order valence-corrected chi connectivity index (χ4v) is 3.04. The molecule has 3 nitrogen and oxygen atoms in total. The molecule has 2 atom stereocenters. The van der Waals surface area contributed by atoms with E-state index in [9.17, 15) is 4.79 Å². The zero-order valence-electron chi connectivity index (χ0n) is 13.6. The lowest BCUT2D eigenvalue weighted by atomic mass is 9.93. The zero-order valence-corrected chi connectivity index (χ0v) is 13.6. The molecule has 2 rings (SSSR count). The molecule has 0 spiro atoms. The molecule has 1 aliphatic rings. The summed E-state index contributed by atoms with van der Waals surface area (Å²) in [5.41, 5.74) is 2.73. The molecule has 1 fully saturated rings. The zero-order chi connectivity index (χ0) is 15.2. The van der Waals surface area contributed by atoms with Gasteiger partial charge >= 0.3 is 0 Å². The van der Waals surface area contributed by atoms with Crippen LogP contribution in [-0.2, 0) is 17.8 Å². The van der Waals surface area contributed by atoms with Crippen LogP contribution in [0.15, 0.2) is 24.3 Å². The summed E-state index contributed by atoms with van der Waals surface area (Å²) in [7, 11) is 0. The summed E-state index contributed by atoms with van der Waals surface area (Å²) in [6, 6.07) is 9.36. The van der Waals surface area contributed by atoms with Gasteiger partial charge in [-0.2, -0.15) is 0 Å². The number of carbonyl (C=O) groups excluding carboxylic acids is 1. The third-order valence-electron chi connectivity index (χ3n) is 4.56. The van der Waals surface area contributed by atoms with E-state index in [0.29, 0.717) is 18.4 Å². The van der Waals surface area contributed by atoms with E-state index in [1.807, 2.05) is 11.8 Å². The fraction of sp³-hybridized carbons (Fsp3) is 0.611. The second-order valence-electron chi connectivity index (χ2n) is 6.12. The van der Waals surface area contributed by atoms with Gasteiger partial charge in [0.2, 0.25) is 5.91 Å². The van der Waals surface area contributed by atoms with Crippen molar-refractivity contribution in [3.63, 3.8) is 0 Å². The van der Waals surface area contributed by atoms with Gasteiger partial charge in [-0.1, -0.05) is 45.0 Å². The molecule has 1 heterocycles. The van der Waals surface area contributed by atoms with Gasteiger partial charge in [-0.15, -0.1) is 0 Å². The molecule has 1 aromatic carbocycles. The average Bonchev–Trinajstić information content (AvgIpc) is 2.53. The van der Waals surface area contributed by atoms with Gasteiger partial charge in [0.25, 0.3) is 0 Å². The van der Waals surface area contributed by atoms with Crippen molar-refractivity contribution in [1.29, 1.82) is 0 Å². The molecule has 0 aliphatic carbocycles. The predicted molar refractivity (Wildman–Crippen MR) is 87.1 cm³/mol. The van der Waals surface area contributed by atoms with Crippen LogP contribution in [-0.4, -0.2) is 29.9 Å². The second kappa shape index (κ2) is 7.60. The van der Waals surface area contributed by atoms with Crippen LogP contribution in [0.2, 0.25) is 0 Å². The first-order valence-electron chi connectivity index (χ1n) is 8.23. The van der Waals surface area contributed by atoms with Gasteiger partial charge < -0.3 is 10.2 Å². The van der Waals surface area contributed by atoms with Crippen molar-refractivity contribution in [2.75, 3.05) is 13.1 Å². The predicted octanol–water partition coefficient (Wildman–Crippen LogP) is 2.99. The van der Waals surface area contributed by atoms with E-state index in [2.05, 4.69) is 43.4 Å². The van der Waals surface area contributed by atoms with E-state index in [0.717, 1.165) is 32.5 Å². The van der Waals surface area contributed by atoms with Crippen LogP contribution in [0.4, 0.5) is 0 Å². The Morgan fingerprint density at radius 1 is 1.24 bits per heavy atom. The summed E-state index contributed by atoms with van der Waals surface area (Å²) in [6.07, 6.45) is 2.77. The van der Waals surface area contributed by atoms with Gasteiger partial charge in [0.05, 0.1) is 0 Å². The van der Waals surface area contributed by atoms with Crippen LogP contribution in [0.25, 0.3) is 0 Å². The van der Waals surface area contributed by atoms with Gasteiger partial charge in [-0.3, -0.25) is 4.79 Å².